The summed E-state index contributed by atoms with van der Waals surface area (Å²) in [5.74, 6) is 0.259. The number of methoxy groups -OCH3 is 1. The minimum atomic E-state index is -0.982. The Morgan fingerprint density at radius 1 is 1.30 bits per heavy atom. The summed E-state index contributed by atoms with van der Waals surface area (Å²) in [6.45, 7) is 2.40. The number of hydrogen-bond donors (Lipinski definition) is 2. The lowest BCUT2D eigenvalue weighted by molar-refractivity contribution is 0.0697. The first kappa shape index (κ1) is 16.4. The van der Waals surface area contributed by atoms with Crippen molar-refractivity contribution < 1.29 is 19.4 Å². The smallest absolute Gasteiger partial charge is 0.335 e. The Hall–Kier alpha value is -3.02. The van der Waals surface area contributed by atoms with Crippen LogP contribution in [0.25, 0.3) is 0 Å². The summed E-state index contributed by atoms with van der Waals surface area (Å²) in [5.41, 5.74) is 4.34. The van der Waals surface area contributed by atoms with E-state index in [1.807, 2.05) is 25.1 Å². The molecule has 0 aromatic heterocycles. The number of carbonyl (C=O) groups is 1. The third kappa shape index (κ3) is 4.23. The van der Waals surface area contributed by atoms with Crippen LogP contribution >= 0.6 is 0 Å². The van der Waals surface area contributed by atoms with Gasteiger partial charge in [0.15, 0.2) is 11.5 Å². The first-order valence-corrected chi connectivity index (χ1v) is 7.08. The maximum absolute atomic E-state index is 10.9. The fourth-order valence-electron chi connectivity index (χ4n) is 1.99. The first-order chi connectivity index (χ1) is 11.2. The van der Waals surface area contributed by atoms with Crippen LogP contribution in [0, 0.1) is 0 Å². The highest BCUT2D eigenvalue weighted by Gasteiger charge is 2.08. The Kier molecular flexibility index (Phi) is 5.57. The van der Waals surface area contributed by atoms with Gasteiger partial charge in [-0.05, 0) is 37.3 Å². The highest BCUT2D eigenvalue weighted by Crippen LogP contribution is 2.30. The fraction of sp³-hybridized carbons (Fsp3) is 0.176. The van der Waals surface area contributed by atoms with Crippen molar-refractivity contribution in [3.8, 4) is 11.5 Å². The van der Waals surface area contributed by atoms with Crippen LogP contribution in [-0.2, 0) is 0 Å². The van der Waals surface area contributed by atoms with Gasteiger partial charge in [-0.2, -0.15) is 5.10 Å². The molecular weight excluding hydrogens is 296 g/mol. The molecule has 6 heteroatoms. The number of hydrazone groups is 1. The summed E-state index contributed by atoms with van der Waals surface area (Å²) >= 11 is 0. The number of nitrogens with one attached hydrogen (secondary N) is 1. The van der Waals surface area contributed by atoms with Gasteiger partial charge in [-0.15, -0.1) is 0 Å². The zero-order valence-corrected chi connectivity index (χ0v) is 12.9. The van der Waals surface area contributed by atoms with Gasteiger partial charge in [0.25, 0.3) is 0 Å². The molecule has 0 heterocycles. The van der Waals surface area contributed by atoms with Gasteiger partial charge in [0.1, 0.15) is 0 Å². The van der Waals surface area contributed by atoms with E-state index in [1.165, 1.54) is 12.1 Å². The number of aromatic carboxylic acids is 1. The summed E-state index contributed by atoms with van der Waals surface area (Å²) in [4.78, 5) is 10.9. The van der Waals surface area contributed by atoms with E-state index in [-0.39, 0.29) is 5.56 Å². The van der Waals surface area contributed by atoms with E-state index in [4.69, 9.17) is 14.6 Å². The second-order valence-corrected chi connectivity index (χ2v) is 4.57. The highest BCUT2D eigenvalue weighted by molar-refractivity contribution is 5.89. The Bertz CT molecular complexity index is 713. The standard InChI is InChI=1S/C17H18N2O4/c1-3-23-16-13(7-5-9-15(16)22-2)11-18-19-14-8-4-6-12(10-14)17(20)21/h4-11,19H,3H2,1-2H3,(H,20,21). The van der Waals surface area contributed by atoms with E-state index in [1.54, 1.807) is 25.5 Å². The van der Waals surface area contributed by atoms with Gasteiger partial charge in [-0.25, -0.2) is 4.79 Å². The zero-order chi connectivity index (χ0) is 16.7. The predicted octanol–water partition coefficient (Wildman–Crippen LogP) is 3.24. The van der Waals surface area contributed by atoms with Crippen molar-refractivity contribution in [3.63, 3.8) is 0 Å². The van der Waals surface area contributed by atoms with Crippen molar-refractivity contribution in [2.45, 2.75) is 6.92 Å². The molecule has 23 heavy (non-hydrogen) atoms. The molecule has 2 N–H and O–H groups in total. The molecule has 0 atom stereocenters. The van der Waals surface area contributed by atoms with Crippen molar-refractivity contribution in [2.75, 3.05) is 19.1 Å². The van der Waals surface area contributed by atoms with Gasteiger partial charge in [-0.1, -0.05) is 12.1 Å². The van der Waals surface area contributed by atoms with Gasteiger partial charge < -0.3 is 14.6 Å². The van der Waals surface area contributed by atoms with Gasteiger partial charge in [0.2, 0.25) is 0 Å². The molecule has 0 saturated heterocycles. The lowest BCUT2D eigenvalue weighted by Gasteiger charge is -2.11. The number of para-hydroxylation sites is 1. The number of carboxylic acids is 1. The largest absolute Gasteiger partial charge is 0.493 e. The quantitative estimate of drug-likeness (QED) is 0.606. The Morgan fingerprint density at radius 3 is 2.78 bits per heavy atom. The normalized spacial score (nSPS) is 10.5. The van der Waals surface area contributed by atoms with Crippen molar-refractivity contribution in [2.24, 2.45) is 5.10 Å². The summed E-state index contributed by atoms with van der Waals surface area (Å²) < 4.78 is 10.9. The van der Waals surface area contributed by atoms with E-state index >= 15 is 0 Å². The lowest BCUT2D eigenvalue weighted by atomic mass is 10.2. The van der Waals surface area contributed by atoms with E-state index in [0.717, 1.165) is 5.56 Å². The molecule has 2 rings (SSSR count). The Morgan fingerprint density at radius 2 is 2.09 bits per heavy atom. The van der Waals surface area contributed by atoms with E-state index in [0.29, 0.717) is 23.8 Å². The second-order valence-electron chi connectivity index (χ2n) is 4.57. The maximum atomic E-state index is 10.9. The van der Waals surface area contributed by atoms with Crippen LogP contribution in [-0.4, -0.2) is 31.0 Å². The van der Waals surface area contributed by atoms with Crippen molar-refractivity contribution in [1.29, 1.82) is 0 Å². The minimum Gasteiger partial charge on any atom is -0.493 e. The van der Waals surface area contributed by atoms with Crippen LogP contribution < -0.4 is 14.9 Å². The Balaban J connectivity index is 2.17. The van der Waals surface area contributed by atoms with Gasteiger partial charge in [-0.3, -0.25) is 5.43 Å². The number of hydrogen-bond acceptors (Lipinski definition) is 5. The Labute approximate surface area is 134 Å². The van der Waals surface area contributed by atoms with Crippen LogP contribution in [0.3, 0.4) is 0 Å². The predicted molar refractivity (Wildman–Crippen MR) is 88.8 cm³/mol. The topological polar surface area (TPSA) is 80.2 Å². The number of rotatable bonds is 7. The highest BCUT2D eigenvalue weighted by atomic mass is 16.5. The molecule has 0 fully saturated rings. The average Bonchev–Trinajstić information content (AvgIpc) is 2.56. The molecule has 2 aromatic carbocycles. The molecule has 0 amide bonds. The van der Waals surface area contributed by atoms with Crippen molar-refractivity contribution in [3.05, 3.63) is 53.6 Å². The monoisotopic (exact) mass is 314 g/mol. The molecule has 0 spiro atoms. The molecule has 2 aromatic rings. The van der Waals surface area contributed by atoms with Gasteiger partial charge >= 0.3 is 5.97 Å². The summed E-state index contributed by atoms with van der Waals surface area (Å²) in [5, 5.41) is 13.1. The molecule has 0 aliphatic carbocycles. The van der Waals surface area contributed by atoms with E-state index in [2.05, 4.69) is 10.5 Å². The number of carboxylic acid groups (broad SMARTS) is 1. The number of benzene rings is 2. The molecule has 0 radical (unpaired) electrons. The average molecular weight is 314 g/mol. The number of nitrogens with zero attached hydrogens (tertiary/aromatic N) is 1. The number of anilines is 1. The molecule has 0 saturated carbocycles. The SMILES string of the molecule is CCOc1c(C=NNc2cccc(C(=O)O)c2)cccc1OC. The van der Waals surface area contributed by atoms with E-state index in [9.17, 15) is 4.79 Å². The minimum absolute atomic E-state index is 0.196. The second kappa shape index (κ2) is 7.84. The van der Waals surface area contributed by atoms with E-state index < -0.39 is 5.97 Å². The van der Waals surface area contributed by atoms with Gasteiger partial charge in [0, 0.05) is 5.56 Å². The number of ether oxygens (including phenoxy) is 2. The third-order valence-electron chi connectivity index (χ3n) is 3.02. The molecular formula is C17H18N2O4. The molecule has 0 bridgehead atoms. The summed E-state index contributed by atoms with van der Waals surface area (Å²) in [6.07, 6.45) is 1.60. The summed E-state index contributed by atoms with van der Waals surface area (Å²) in [6, 6.07) is 11.9. The molecule has 0 aliphatic heterocycles. The molecule has 120 valence electrons. The first-order valence-electron chi connectivity index (χ1n) is 7.08. The van der Waals surface area contributed by atoms with Crippen LogP contribution in [0.4, 0.5) is 5.69 Å². The van der Waals surface area contributed by atoms with Crippen molar-refractivity contribution in [1.82, 2.24) is 0 Å². The third-order valence-corrected chi connectivity index (χ3v) is 3.02. The maximum Gasteiger partial charge on any atom is 0.335 e. The van der Waals surface area contributed by atoms with Crippen LogP contribution in [0.15, 0.2) is 47.6 Å². The van der Waals surface area contributed by atoms with Gasteiger partial charge in [0.05, 0.1) is 31.2 Å². The van der Waals surface area contributed by atoms with Crippen LogP contribution in [0.2, 0.25) is 0 Å². The van der Waals surface area contributed by atoms with Crippen LogP contribution in [0.5, 0.6) is 11.5 Å². The lowest BCUT2D eigenvalue weighted by Crippen LogP contribution is -2.00. The van der Waals surface area contributed by atoms with Crippen LogP contribution in [0.1, 0.15) is 22.8 Å². The molecule has 0 unspecified atom stereocenters. The summed E-state index contributed by atoms with van der Waals surface area (Å²) in [7, 11) is 1.58. The fourth-order valence-corrected chi connectivity index (χ4v) is 1.99. The zero-order valence-electron chi connectivity index (χ0n) is 12.9. The molecule has 0 aliphatic rings. The van der Waals surface area contributed by atoms with Crippen molar-refractivity contribution >= 4 is 17.9 Å². The molecule has 6 nitrogen and oxygen atoms in total.